The van der Waals surface area contributed by atoms with E-state index in [1.807, 2.05) is 24.3 Å². The van der Waals surface area contributed by atoms with Gasteiger partial charge in [-0.1, -0.05) is 35.9 Å². The van der Waals surface area contributed by atoms with Crippen molar-refractivity contribution in [2.75, 3.05) is 7.11 Å². The maximum absolute atomic E-state index is 12.6. The molecule has 1 heterocycles. The fourth-order valence-electron chi connectivity index (χ4n) is 2.73. The molecule has 2 aromatic carbocycles. The second kappa shape index (κ2) is 8.18. The van der Waals surface area contributed by atoms with Gasteiger partial charge in [0, 0.05) is 23.1 Å². The molecule has 0 aliphatic heterocycles. The fourth-order valence-corrected chi connectivity index (χ4v) is 2.85. The summed E-state index contributed by atoms with van der Waals surface area (Å²) < 4.78 is 6.46. The van der Waals surface area contributed by atoms with E-state index < -0.39 is 6.04 Å². The van der Waals surface area contributed by atoms with Gasteiger partial charge >= 0.3 is 0 Å². The number of halogens is 1. The number of hydrogen-bond acceptors (Lipinski definition) is 4. The van der Waals surface area contributed by atoms with Gasteiger partial charge in [0.15, 0.2) is 5.78 Å². The first-order valence-corrected chi connectivity index (χ1v) is 8.87. The third-order valence-electron chi connectivity index (χ3n) is 4.31. The minimum Gasteiger partial charge on any atom is -0.497 e. The highest BCUT2D eigenvalue weighted by atomic mass is 35.5. The molecule has 1 unspecified atom stereocenters. The molecule has 3 aromatic rings. The first kappa shape index (κ1) is 18.9. The maximum Gasteiger partial charge on any atom is 0.267 e. The number of hydrogen-bond donors (Lipinski definition) is 0. The van der Waals surface area contributed by atoms with Crippen molar-refractivity contribution < 1.29 is 9.53 Å². The Morgan fingerprint density at radius 3 is 2.59 bits per heavy atom. The lowest BCUT2D eigenvalue weighted by Crippen LogP contribution is -2.30. The summed E-state index contributed by atoms with van der Waals surface area (Å²) >= 11 is 5.88. The SMILES string of the molecule is COc1cccc(-c2ccc(=O)n(C(C)C(=O)Cc3ccc(Cl)cc3)n2)c1. The van der Waals surface area contributed by atoms with Gasteiger partial charge in [-0.25, -0.2) is 4.68 Å². The Hall–Kier alpha value is -2.92. The van der Waals surface area contributed by atoms with Crippen LogP contribution in [0.15, 0.2) is 65.5 Å². The average Bonchev–Trinajstić information content (AvgIpc) is 2.69. The summed E-state index contributed by atoms with van der Waals surface area (Å²) in [6, 6.07) is 16.9. The highest BCUT2D eigenvalue weighted by molar-refractivity contribution is 6.30. The summed E-state index contributed by atoms with van der Waals surface area (Å²) in [6.07, 6.45) is 0.204. The lowest BCUT2D eigenvalue weighted by Gasteiger charge is -2.14. The summed E-state index contributed by atoms with van der Waals surface area (Å²) in [5, 5.41) is 5.02. The molecule has 0 spiro atoms. The van der Waals surface area contributed by atoms with E-state index in [0.29, 0.717) is 16.5 Å². The molecular formula is C21H19ClN2O3. The van der Waals surface area contributed by atoms with Crippen LogP contribution in [0.1, 0.15) is 18.5 Å². The zero-order chi connectivity index (χ0) is 19.4. The Morgan fingerprint density at radius 2 is 1.89 bits per heavy atom. The van der Waals surface area contributed by atoms with E-state index in [1.165, 1.54) is 10.7 Å². The molecule has 0 N–H and O–H groups in total. The van der Waals surface area contributed by atoms with E-state index in [0.717, 1.165) is 11.1 Å². The number of ketones is 1. The highest BCUT2D eigenvalue weighted by Gasteiger charge is 2.18. The number of methoxy groups -OCH3 is 1. The van der Waals surface area contributed by atoms with E-state index in [9.17, 15) is 9.59 Å². The normalized spacial score (nSPS) is 11.8. The van der Waals surface area contributed by atoms with Gasteiger partial charge in [-0.15, -0.1) is 0 Å². The predicted octanol–water partition coefficient (Wildman–Crippen LogP) is 3.95. The molecule has 5 nitrogen and oxygen atoms in total. The van der Waals surface area contributed by atoms with Crippen molar-refractivity contribution in [3.05, 3.63) is 81.6 Å². The van der Waals surface area contributed by atoms with Crippen LogP contribution >= 0.6 is 11.6 Å². The molecule has 0 saturated heterocycles. The number of carbonyl (C=O) groups excluding carboxylic acids is 1. The second-order valence-corrected chi connectivity index (χ2v) is 6.62. The minimum absolute atomic E-state index is 0.102. The molecule has 6 heteroatoms. The Bertz CT molecular complexity index is 1010. The molecule has 27 heavy (non-hydrogen) atoms. The van der Waals surface area contributed by atoms with E-state index in [4.69, 9.17) is 16.3 Å². The van der Waals surface area contributed by atoms with Gasteiger partial charge < -0.3 is 4.74 Å². The van der Waals surface area contributed by atoms with Crippen molar-refractivity contribution in [3.63, 3.8) is 0 Å². The number of benzene rings is 2. The number of nitrogens with zero attached hydrogens (tertiary/aromatic N) is 2. The van der Waals surface area contributed by atoms with Gasteiger partial charge in [0.2, 0.25) is 0 Å². The van der Waals surface area contributed by atoms with Crippen LogP contribution in [0.4, 0.5) is 0 Å². The van der Waals surface area contributed by atoms with Crippen LogP contribution in [0.5, 0.6) is 5.75 Å². The fraction of sp³-hybridized carbons (Fsp3) is 0.190. The molecule has 0 bridgehead atoms. The summed E-state index contributed by atoms with van der Waals surface area (Å²) in [7, 11) is 1.59. The van der Waals surface area contributed by atoms with Gasteiger partial charge in [0.1, 0.15) is 11.8 Å². The highest BCUT2D eigenvalue weighted by Crippen LogP contribution is 2.22. The van der Waals surface area contributed by atoms with E-state index in [-0.39, 0.29) is 17.8 Å². The van der Waals surface area contributed by atoms with Crippen LogP contribution in [-0.4, -0.2) is 22.7 Å². The van der Waals surface area contributed by atoms with Gasteiger partial charge in [-0.2, -0.15) is 5.10 Å². The standard InChI is InChI=1S/C21H19ClN2O3/c1-14(20(25)12-15-6-8-17(22)9-7-15)24-21(26)11-10-19(23-24)16-4-3-5-18(13-16)27-2/h3-11,13-14H,12H2,1-2H3. The van der Waals surface area contributed by atoms with Crippen LogP contribution in [-0.2, 0) is 11.2 Å². The third-order valence-corrected chi connectivity index (χ3v) is 4.57. The van der Waals surface area contributed by atoms with Crippen molar-refractivity contribution in [1.82, 2.24) is 9.78 Å². The number of Topliss-reactive ketones (excluding diaryl/α,β-unsaturated/α-hetero) is 1. The number of rotatable bonds is 6. The molecule has 0 aliphatic rings. The first-order valence-electron chi connectivity index (χ1n) is 8.49. The zero-order valence-electron chi connectivity index (χ0n) is 15.1. The molecule has 0 fully saturated rings. The summed E-state index contributed by atoms with van der Waals surface area (Å²) in [5.74, 6) is 0.591. The molecule has 138 valence electrons. The van der Waals surface area contributed by atoms with E-state index >= 15 is 0 Å². The van der Waals surface area contributed by atoms with Crippen LogP contribution in [0.2, 0.25) is 5.02 Å². The summed E-state index contributed by atoms with van der Waals surface area (Å²) in [6.45, 7) is 1.68. The van der Waals surface area contributed by atoms with Crippen molar-refractivity contribution in [3.8, 4) is 17.0 Å². The lowest BCUT2D eigenvalue weighted by atomic mass is 10.0. The number of aromatic nitrogens is 2. The second-order valence-electron chi connectivity index (χ2n) is 6.18. The molecule has 1 atom stereocenters. The number of carbonyl (C=O) groups is 1. The smallest absolute Gasteiger partial charge is 0.267 e. The monoisotopic (exact) mass is 382 g/mol. The lowest BCUT2D eigenvalue weighted by molar-refractivity contribution is -0.121. The van der Waals surface area contributed by atoms with Gasteiger partial charge in [-0.3, -0.25) is 9.59 Å². The first-order chi connectivity index (χ1) is 13.0. The van der Waals surface area contributed by atoms with Crippen molar-refractivity contribution in [2.45, 2.75) is 19.4 Å². The Labute approximate surface area is 162 Å². The van der Waals surface area contributed by atoms with Crippen LogP contribution in [0.3, 0.4) is 0 Å². The van der Waals surface area contributed by atoms with Crippen molar-refractivity contribution >= 4 is 17.4 Å². The Balaban J connectivity index is 1.87. The molecule has 0 radical (unpaired) electrons. The van der Waals surface area contributed by atoms with Crippen LogP contribution in [0, 0.1) is 0 Å². The Morgan fingerprint density at radius 1 is 1.15 bits per heavy atom. The predicted molar refractivity (Wildman–Crippen MR) is 105 cm³/mol. The molecular weight excluding hydrogens is 364 g/mol. The topological polar surface area (TPSA) is 61.2 Å². The van der Waals surface area contributed by atoms with Crippen molar-refractivity contribution in [2.24, 2.45) is 0 Å². The number of ether oxygens (including phenoxy) is 1. The zero-order valence-corrected chi connectivity index (χ0v) is 15.8. The quantitative estimate of drug-likeness (QED) is 0.647. The van der Waals surface area contributed by atoms with E-state index in [2.05, 4.69) is 5.10 Å². The van der Waals surface area contributed by atoms with Gasteiger partial charge in [0.25, 0.3) is 5.56 Å². The minimum atomic E-state index is -0.682. The van der Waals surface area contributed by atoms with Crippen molar-refractivity contribution in [1.29, 1.82) is 0 Å². The Kier molecular flexibility index (Phi) is 5.72. The molecule has 0 amide bonds. The molecule has 0 saturated carbocycles. The van der Waals surface area contributed by atoms with Crippen LogP contribution in [0.25, 0.3) is 11.3 Å². The van der Waals surface area contributed by atoms with Crippen LogP contribution < -0.4 is 10.3 Å². The summed E-state index contributed by atoms with van der Waals surface area (Å²) in [4.78, 5) is 24.9. The third kappa shape index (κ3) is 4.44. The van der Waals surface area contributed by atoms with Gasteiger partial charge in [-0.05, 0) is 42.8 Å². The molecule has 0 aliphatic carbocycles. The van der Waals surface area contributed by atoms with Gasteiger partial charge in [0.05, 0.1) is 12.8 Å². The largest absolute Gasteiger partial charge is 0.497 e. The summed E-state index contributed by atoms with van der Waals surface area (Å²) in [5.41, 5.74) is 1.92. The van der Waals surface area contributed by atoms with E-state index in [1.54, 1.807) is 44.4 Å². The molecule has 3 rings (SSSR count). The maximum atomic E-state index is 12.6. The molecule has 1 aromatic heterocycles. The average molecular weight is 383 g/mol.